The van der Waals surface area contributed by atoms with Gasteiger partial charge in [-0.25, -0.2) is 0 Å². The third kappa shape index (κ3) is 0.775. The molecule has 2 heteroatoms. The molecule has 70 valence electrons. The smallest absolute Gasteiger partial charge is 0.0910 e. The fourth-order valence-electron chi connectivity index (χ4n) is 3.15. The summed E-state index contributed by atoms with van der Waals surface area (Å²) in [4.78, 5) is 0. The fourth-order valence-corrected chi connectivity index (χ4v) is 3.15. The maximum atomic E-state index is 10.0. The van der Waals surface area contributed by atoms with Gasteiger partial charge in [0.2, 0.25) is 0 Å². The number of hydrogen-bond donors (Lipinski definition) is 2. The first kappa shape index (κ1) is 8.52. The summed E-state index contributed by atoms with van der Waals surface area (Å²) in [7, 11) is 0. The molecule has 2 bridgehead atoms. The summed E-state index contributed by atoms with van der Waals surface area (Å²) >= 11 is 0. The van der Waals surface area contributed by atoms with Crippen molar-refractivity contribution in [1.29, 1.82) is 0 Å². The van der Waals surface area contributed by atoms with Crippen LogP contribution in [0.2, 0.25) is 0 Å². The number of fused-ring (bicyclic) bond motifs is 2. The summed E-state index contributed by atoms with van der Waals surface area (Å²) in [5, 5.41) is 19.7. The second kappa shape index (κ2) is 2.05. The van der Waals surface area contributed by atoms with Crippen molar-refractivity contribution >= 4 is 0 Å². The molecule has 0 aromatic heterocycles. The highest BCUT2D eigenvalue weighted by atomic mass is 16.3. The second-order valence-electron chi connectivity index (χ2n) is 5.28. The monoisotopic (exact) mass is 170 g/mol. The Labute approximate surface area is 73.6 Å². The molecule has 2 unspecified atom stereocenters. The maximum absolute atomic E-state index is 10.0. The van der Waals surface area contributed by atoms with Crippen LogP contribution in [0.5, 0.6) is 0 Å². The molecule has 3 saturated carbocycles. The molecule has 12 heavy (non-hydrogen) atoms. The van der Waals surface area contributed by atoms with E-state index in [1.54, 1.807) is 6.92 Å². The van der Waals surface area contributed by atoms with Crippen molar-refractivity contribution in [3.8, 4) is 0 Å². The molecule has 0 aromatic carbocycles. The Morgan fingerprint density at radius 1 is 1.17 bits per heavy atom. The Balaban J connectivity index is 2.27. The van der Waals surface area contributed by atoms with Gasteiger partial charge in [0.25, 0.3) is 0 Å². The normalized spacial score (nSPS) is 56.2. The van der Waals surface area contributed by atoms with Gasteiger partial charge in [0, 0.05) is 0 Å². The molecule has 0 spiro atoms. The quantitative estimate of drug-likeness (QED) is 0.573. The Bertz CT molecular complexity index is 208. The van der Waals surface area contributed by atoms with E-state index in [-0.39, 0.29) is 5.41 Å². The van der Waals surface area contributed by atoms with Crippen molar-refractivity contribution in [2.45, 2.75) is 45.3 Å². The van der Waals surface area contributed by atoms with E-state index in [0.717, 1.165) is 12.8 Å². The Morgan fingerprint density at radius 2 is 1.75 bits per heavy atom. The molecule has 3 aliphatic rings. The minimum absolute atomic E-state index is 0.239. The fraction of sp³-hybridized carbons (Fsp3) is 1.00. The summed E-state index contributed by atoms with van der Waals surface area (Å²) in [6, 6.07) is 0. The minimum Gasteiger partial charge on any atom is -0.390 e. The topological polar surface area (TPSA) is 40.5 Å². The lowest BCUT2D eigenvalue weighted by Gasteiger charge is -2.64. The molecule has 0 amide bonds. The van der Waals surface area contributed by atoms with Gasteiger partial charge in [0.1, 0.15) is 0 Å². The van der Waals surface area contributed by atoms with Crippen molar-refractivity contribution in [2.75, 3.05) is 0 Å². The average Bonchev–Trinajstić information content (AvgIpc) is 1.93. The maximum Gasteiger partial charge on any atom is 0.0910 e. The molecule has 2 N–H and O–H groups in total. The van der Waals surface area contributed by atoms with E-state index in [9.17, 15) is 10.2 Å². The van der Waals surface area contributed by atoms with Crippen LogP contribution in [0.4, 0.5) is 0 Å². The van der Waals surface area contributed by atoms with E-state index >= 15 is 0 Å². The van der Waals surface area contributed by atoms with Crippen molar-refractivity contribution in [3.63, 3.8) is 0 Å². The van der Waals surface area contributed by atoms with Gasteiger partial charge in [-0.1, -0.05) is 13.8 Å². The van der Waals surface area contributed by atoms with E-state index in [1.165, 1.54) is 0 Å². The van der Waals surface area contributed by atoms with Gasteiger partial charge in [0.05, 0.1) is 11.7 Å². The predicted molar refractivity (Wildman–Crippen MR) is 46.6 cm³/mol. The molecule has 4 atom stereocenters. The van der Waals surface area contributed by atoms with E-state index in [4.69, 9.17) is 0 Å². The lowest BCUT2D eigenvalue weighted by Crippen LogP contribution is -2.66. The summed E-state index contributed by atoms with van der Waals surface area (Å²) in [6.45, 7) is 6.18. The zero-order valence-corrected chi connectivity index (χ0v) is 8.04. The van der Waals surface area contributed by atoms with E-state index in [1.807, 2.05) is 0 Å². The largest absolute Gasteiger partial charge is 0.390 e. The lowest BCUT2D eigenvalue weighted by molar-refractivity contribution is -0.245. The number of rotatable bonds is 0. The van der Waals surface area contributed by atoms with Gasteiger partial charge < -0.3 is 10.2 Å². The van der Waals surface area contributed by atoms with Crippen molar-refractivity contribution in [3.05, 3.63) is 0 Å². The van der Waals surface area contributed by atoms with Crippen molar-refractivity contribution < 1.29 is 10.2 Å². The zero-order chi connectivity index (χ0) is 9.15. The van der Waals surface area contributed by atoms with Crippen LogP contribution < -0.4 is 0 Å². The first-order valence-corrected chi connectivity index (χ1v) is 4.77. The summed E-state index contributed by atoms with van der Waals surface area (Å²) in [6.07, 6.45) is 1.36. The molecule has 3 rings (SSSR count). The molecule has 3 aliphatic carbocycles. The van der Waals surface area contributed by atoms with Gasteiger partial charge in [-0.2, -0.15) is 0 Å². The molecule has 0 heterocycles. The molecule has 0 aliphatic heterocycles. The van der Waals surface area contributed by atoms with Crippen LogP contribution in [0.15, 0.2) is 0 Å². The molecule has 0 radical (unpaired) electrons. The van der Waals surface area contributed by atoms with Gasteiger partial charge in [-0.3, -0.25) is 0 Å². The Morgan fingerprint density at radius 3 is 2.08 bits per heavy atom. The van der Waals surface area contributed by atoms with Crippen molar-refractivity contribution in [1.82, 2.24) is 0 Å². The Hall–Kier alpha value is -0.0800. The van der Waals surface area contributed by atoms with Crippen LogP contribution in [0.1, 0.15) is 33.6 Å². The second-order valence-corrected chi connectivity index (χ2v) is 5.28. The predicted octanol–water partition coefficient (Wildman–Crippen LogP) is 1.16. The zero-order valence-electron chi connectivity index (χ0n) is 8.04. The Kier molecular flexibility index (Phi) is 1.45. The highest BCUT2D eigenvalue weighted by molar-refractivity contribution is 5.12. The molecular formula is C10H18O2. The SMILES string of the molecule is CC1(C)C2CC1[C@@](C)(O)[C@H](O)C2. The van der Waals surface area contributed by atoms with Crippen LogP contribution >= 0.6 is 0 Å². The molecule has 3 fully saturated rings. The highest BCUT2D eigenvalue weighted by Crippen LogP contribution is 2.62. The average molecular weight is 170 g/mol. The summed E-state index contributed by atoms with van der Waals surface area (Å²) < 4.78 is 0. The van der Waals surface area contributed by atoms with Gasteiger partial charge in [-0.05, 0) is 37.0 Å². The van der Waals surface area contributed by atoms with E-state index < -0.39 is 11.7 Å². The van der Waals surface area contributed by atoms with Crippen LogP contribution in [-0.4, -0.2) is 21.9 Å². The summed E-state index contributed by atoms with van der Waals surface area (Å²) in [5.74, 6) is 0.913. The number of hydrogen-bond acceptors (Lipinski definition) is 2. The van der Waals surface area contributed by atoms with E-state index in [0.29, 0.717) is 11.8 Å². The first-order chi connectivity index (χ1) is 5.37. The highest BCUT2D eigenvalue weighted by Gasteiger charge is 2.62. The number of aliphatic hydroxyl groups is 2. The molecule has 0 aromatic rings. The van der Waals surface area contributed by atoms with Gasteiger partial charge in [-0.15, -0.1) is 0 Å². The van der Waals surface area contributed by atoms with E-state index in [2.05, 4.69) is 13.8 Å². The van der Waals surface area contributed by atoms with Crippen molar-refractivity contribution in [2.24, 2.45) is 17.3 Å². The minimum atomic E-state index is -0.849. The molecular weight excluding hydrogens is 152 g/mol. The van der Waals surface area contributed by atoms with Crippen LogP contribution in [-0.2, 0) is 0 Å². The third-order valence-electron chi connectivity index (χ3n) is 4.36. The van der Waals surface area contributed by atoms with Gasteiger partial charge >= 0.3 is 0 Å². The first-order valence-electron chi connectivity index (χ1n) is 4.77. The van der Waals surface area contributed by atoms with Crippen LogP contribution in [0.3, 0.4) is 0 Å². The lowest BCUT2D eigenvalue weighted by atomic mass is 9.43. The molecule has 0 saturated heterocycles. The standard InChI is InChI=1S/C10H18O2/c1-9(2)6-4-7(9)10(3,12)8(11)5-6/h6-8,11-12H,4-5H2,1-3H3/t6?,7?,8-,10-/m1/s1. The van der Waals surface area contributed by atoms with Gasteiger partial charge in [0.15, 0.2) is 0 Å². The summed E-state index contributed by atoms with van der Waals surface area (Å²) in [5.41, 5.74) is -0.610. The van der Waals surface area contributed by atoms with Crippen LogP contribution in [0, 0.1) is 17.3 Å². The van der Waals surface area contributed by atoms with Crippen LogP contribution in [0.25, 0.3) is 0 Å². The third-order valence-corrected chi connectivity index (χ3v) is 4.36. The number of aliphatic hydroxyl groups excluding tert-OH is 1. The molecule has 2 nitrogen and oxygen atoms in total.